The van der Waals surface area contributed by atoms with Gasteiger partial charge in [0.1, 0.15) is 0 Å². The van der Waals surface area contributed by atoms with Crippen LogP contribution in [0.5, 0.6) is 11.5 Å². The zero-order chi connectivity index (χ0) is 13.4. The normalized spacial score (nSPS) is 15.9. The van der Waals surface area contributed by atoms with Gasteiger partial charge in [-0.1, -0.05) is 6.92 Å². The monoisotopic (exact) mass is 253 g/mol. The number of pyridine rings is 1. The smallest absolute Gasteiger partial charge is 0.288 e. The SMILES string of the molecule is CCN1Cn2cc(O)c(=O)c(O)c2C(=O)N1CC. The summed E-state index contributed by atoms with van der Waals surface area (Å²) in [5.74, 6) is -1.71. The van der Waals surface area contributed by atoms with Gasteiger partial charge in [0.25, 0.3) is 11.3 Å². The third-order valence-electron chi connectivity index (χ3n) is 3.00. The Balaban J connectivity index is 2.63. The van der Waals surface area contributed by atoms with E-state index < -0.39 is 22.8 Å². The zero-order valence-electron chi connectivity index (χ0n) is 10.3. The molecule has 0 radical (unpaired) electrons. The van der Waals surface area contributed by atoms with E-state index in [4.69, 9.17) is 0 Å². The van der Waals surface area contributed by atoms with Crippen LogP contribution in [0.3, 0.4) is 0 Å². The van der Waals surface area contributed by atoms with Crippen molar-refractivity contribution >= 4 is 5.91 Å². The Morgan fingerprint density at radius 2 is 1.89 bits per heavy atom. The maximum atomic E-state index is 12.2. The molecule has 0 fully saturated rings. The molecule has 1 aromatic heterocycles. The summed E-state index contributed by atoms with van der Waals surface area (Å²) < 4.78 is 1.38. The Kier molecular flexibility index (Phi) is 3.00. The molecule has 98 valence electrons. The Hall–Kier alpha value is -2.02. The van der Waals surface area contributed by atoms with Crippen molar-refractivity contribution in [1.29, 1.82) is 0 Å². The molecule has 7 heteroatoms. The van der Waals surface area contributed by atoms with E-state index in [0.29, 0.717) is 19.8 Å². The first kappa shape index (κ1) is 12.4. The van der Waals surface area contributed by atoms with Crippen LogP contribution in [0.1, 0.15) is 24.3 Å². The molecule has 2 N–H and O–H groups in total. The van der Waals surface area contributed by atoms with Crippen molar-refractivity contribution in [1.82, 2.24) is 14.6 Å². The number of fused-ring (bicyclic) bond motifs is 1. The molecule has 1 aliphatic rings. The van der Waals surface area contributed by atoms with E-state index in [1.807, 2.05) is 13.8 Å². The van der Waals surface area contributed by atoms with E-state index in [-0.39, 0.29) is 5.69 Å². The molecule has 7 nitrogen and oxygen atoms in total. The highest BCUT2D eigenvalue weighted by atomic mass is 16.3. The van der Waals surface area contributed by atoms with Crippen LogP contribution in [-0.4, -0.2) is 43.8 Å². The third-order valence-corrected chi connectivity index (χ3v) is 3.00. The van der Waals surface area contributed by atoms with Crippen LogP contribution in [0, 0.1) is 0 Å². The lowest BCUT2D eigenvalue weighted by molar-refractivity contribution is -0.0380. The van der Waals surface area contributed by atoms with Gasteiger partial charge in [-0.3, -0.25) is 14.6 Å². The molecule has 1 aliphatic heterocycles. The molecule has 0 atom stereocenters. The van der Waals surface area contributed by atoms with Crippen molar-refractivity contribution in [3.8, 4) is 11.5 Å². The van der Waals surface area contributed by atoms with Crippen molar-refractivity contribution in [2.24, 2.45) is 0 Å². The Bertz CT molecular complexity index is 552. The molecule has 0 aliphatic carbocycles. The molecule has 0 saturated heterocycles. The second-order valence-electron chi connectivity index (χ2n) is 4.00. The summed E-state index contributed by atoms with van der Waals surface area (Å²) in [7, 11) is 0. The maximum absolute atomic E-state index is 12.2. The van der Waals surface area contributed by atoms with Crippen molar-refractivity contribution in [2.75, 3.05) is 13.1 Å². The van der Waals surface area contributed by atoms with Gasteiger partial charge in [0, 0.05) is 13.1 Å². The quantitative estimate of drug-likeness (QED) is 0.770. The standard InChI is InChI=1S/C11H15N3O4/c1-3-13-6-12-5-7(15)9(16)10(17)8(12)11(18)14(13)4-2/h5,15,17H,3-4,6H2,1-2H3. The molecule has 2 heterocycles. The average Bonchev–Trinajstić information content (AvgIpc) is 2.35. The first-order valence-corrected chi connectivity index (χ1v) is 5.73. The lowest BCUT2D eigenvalue weighted by Gasteiger charge is -2.38. The minimum Gasteiger partial charge on any atom is -0.503 e. The van der Waals surface area contributed by atoms with E-state index in [1.165, 1.54) is 15.8 Å². The van der Waals surface area contributed by atoms with Crippen LogP contribution in [-0.2, 0) is 6.67 Å². The van der Waals surface area contributed by atoms with E-state index in [2.05, 4.69) is 0 Å². The number of carbonyl (C=O) groups excluding carboxylic acids is 1. The van der Waals surface area contributed by atoms with Gasteiger partial charge >= 0.3 is 0 Å². The molecule has 0 spiro atoms. The summed E-state index contributed by atoms with van der Waals surface area (Å²) in [6, 6.07) is 0. The summed E-state index contributed by atoms with van der Waals surface area (Å²) in [5.41, 5.74) is -1.00. The highest BCUT2D eigenvalue weighted by Gasteiger charge is 2.32. The first-order valence-electron chi connectivity index (χ1n) is 5.73. The largest absolute Gasteiger partial charge is 0.503 e. The maximum Gasteiger partial charge on any atom is 0.288 e. The molecular weight excluding hydrogens is 238 g/mol. The molecule has 18 heavy (non-hydrogen) atoms. The number of hydrazine groups is 1. The number of amides is 1. The molecule has 0 aromatic carbocycles. The van der Waals surface area contributed by atoms with Crippen molar-refractivity contribution in [3.63, 3.8) is 0 Å². The lowest BCUT2D eigenvalue weighted by Crippen LogP contribution is -2.52. The summed E-state index contributed by atoms with van der Waals surface area (Å²) in [4.78, 5) is 23.6. The predicted molar refractivity (Wildman–Crippen MR) is 63.1 cm³/mol. The van der Waals surface area contributed by atoms with Crippen LogP contribution in [0.25, 0.3) is 0 Å². The van der Waals surface area contributed by atoms with Crippen molar-refractivity contribution in [2.45, 2.75) is 20.5 Å². The van der Waals surface area contributed by atoms with Crippen LogP contribution >= 0.6 is 0 Å². The minimum absolute atomic E-state index is 0.0793. The van der Waals surface area contributed by atoms with E-state index >= 15 is 0 Å². The number of aromatic nitrogens is 1. The molecule has 1 aromatic rings. The van der Waals surface area contributed by atoms with Crippen molar-refractivity contribution in [3.05, 3.63) is 22.1 Å². The molecular formula is C11H15N3O4. The fraction of sp³-hybridized carbons (Fsp3) is 0.455. The van der Waals surface area contributed by atoms with E-state index in [9.17, 15) is 19.8 Å². The van der Waals surface area contributed by atoms with Crippen LogP contribution < -0.4 is 5.43 Å². The fourth-order valence-electron chi connectivity index (χ4n) is 2.09. The number of aromatic hydroxyl groups is 2. The van der Waals surface area contributed by atoms with Gasteiger partial charge in [-0.15, -0.1) is 0 Å². The third kappa shape index (κ3) is 1.63. The molecule has 0 bridgehead atoms. The summed E-state index contributed by atoms with van der Waals surface area (Å²) in [5, 5.41) is 22.3. The Labute approximate surface area is 103 Å². The molecule has 1 amide bonds. The van der Waals surface area contributed by atoms with E-state index in [0.717, 1.165) is 0 Å². The summed E-state index contributed by atoms with van der Waals surface area (Å²) in [6.07, 6.45) is 1.17. The number of rotatable bonds is 2. The van der Waals surface area contributed by atoms with Gasteiger partial charge in [-0.25, -0.2) is 0 Å². The highest BCUT2D eigenvalue weighted by molar-refractivity contribution is 5.95. The van der Waals surface area contributed by atoms with Crippen molar-refractivity contribution < 1.29 is 15.0 Å². The Morgan fingerprint density at radius 3 is 2.44 bits per heavy atom. The van der Waals surface area contributed by atoms with Gasteiger partial charge in [0.2, 0.25) is 0 Å². The predicted octanol–water partition coefficient (Wildman–Crippen LogP) is -0.0704. The van der Waals surface area contributed by atoms with E-state index in [1.54, 1.807) is 5.01 Å². The number of nitrogens with zero attached hydrogens (tertiary/aromatic N) is 3. The topological polar surface area (TPSA) is 86.0 Å². The Morgan fingerprint density at radius 1 is 1.22 bits per heavy atom. The lowest BCUT2D eigenvalue weighted by atomic mass is 10.2. The zero-order valence-corrected chi connectivity index (χ0v) is 10.3. The van der Waals surface area contributed by atoms with Crippen LogP contribution in [0.15, 0.2) is 11.0 Å². The second-order valence-corrected chi connectivity index (χ2v) is 4.00. The van der Waals surface area contributed by atoms with Crippen LogP contribution in [0.2, 0.25) is 0 Å². The van der Waals surface area contributed by atoms with Gasteiger partial charge in [-0.05, 0) is 6.92 Å². The number of hydrogen-bond donors (Lipinski definition) is 2. The van der Waals surface area contributed by atoms with Gasteiger partial charge in [0.05, 0.1) is 12.9 Å². The van der Waals surface area contributed by atoms with Gasteiger partial charge < -0.3 is 14.8 Å². The van der Waals surface area contributed by atoms with Gasteiger partial charge in [-0.2, -0.15) is 5.01 Å². The summed E-state index contributed by atoms with van der Waals surface area (Å²) in [6.45, 7) is 5.05. The average molecular weight is 253 g/mol. The molecule has 0 saturated carbocycles. The summed E-state index contributed by atoms with van der Waals surface area (Å²) >= 11 is 0. The first-order chi connectivity index (χ1) is 8.51. The fourth-order valence-corrected chi connectivity index (χ4v) is 2.09. The number of carbonyl (C=O) groups is 1. The highest BCUT2D eigenvalue weighted by Crippen LogP contribution is 2.23. The number of hydrogen-bond acceptors (Lipinski definition) is 5. The molecule has 0 unspecified atom stereocenters. The second kappa shape index (κ2) is 4.34. The minimum atomic E-state index is -0.921. The van der Waals surface area contributed by atoms with Crippen LogP contribution in [0.4, 0.5) is 0 Å². The molecule has 2 rings (SSSR count). The van der Waals surface area contributed by atoms with Gasteiger partial charge in [0.15, 0.2) is 17.2 Å².